The molecule has 1 aliphatic rings. The van der Waals surface area contributed by atoms with E-state index < -0.39 is 0 Å². The van der Waals surface area contributed by atoms with Gasteiger partial charge in [0.05, 0.1) is 17.8 Å². The topological polar surface area (TPSA) is 90.3 Å². The van der Waals surface area contributed by atoms with Gasteiger partial charge in [-0.1, -0.05) is 31.2 Å². The lowest BCUT2D eigenvalue weighted by Crippen LogP contribution is -2.54. The summed E-state index contributed by atoms with van der Waals surface area (Å²) in [6, 6.07) is 19.7. The van der Waals surface area contributed by atoms with Crippen molar-refractivity contribution >= 4 is 26.4 Å². The number of pyridine rings is 1. The first kappa shape index (κ1) is 31.6. The number of benzene rings is 2. The number of nitrogens with one attached hydrogen (secondary N) is 2. The molecule has 1 atom stereocenters. The monoisotopic (exact) mass is 549 g/mol. The number of ether oxygens (including phenoxy) is 1. The van der Waals surface area contributed by atoms with Crippen molar-refractivity contribution in [3.8, 4) is 11.8 Å². The summed E-state index contributed by atoms with van der Waals surface area (Å²) in [7, 11) is 7.29. The van der Waals surface area contributed by atoms with Crippen molar-refractivity contribution in [2.45, 2.75) is 32.3 Å². The maximum Gasteiger partial charge on any atom is 0.138 e. The highest BCUT2D eigenvalue weighted by molar-refractivity contribution is 7.20. The fourth-order valence-electron chi connectivity index (χ4n) is 3.65. The normalized spacial score (nSPS) is 13.2. The van der Waals surface area contributed by atoms with Crippen molar-refractivity contribution in [2.24, 2.45) is 0 Å². The molecule has 0 amide bonds. The molecule has 1 aliphatic heterocycles. The standard InChI is InChI=1S/C11H16N3OP.C11H14N2.C8H7FO/c1-8(16)14-6-10(7-14)15-9-3-4-11(12-2)13-5-9;1-9(8-13-2)11-5-3-10(7-12)4-6-11;9-8-3-1-2-7(6-8)4-5-10/h3-5,10,16H,6-7H2,1-2H3,(H,12,13);3-6,9,13H,8H2,1-2H3;1-3,5-6H,4H2. The molecular weight excluding hydrogens is 512 g/mol. The van der Waals surface area contributed by atoms with Crippen LogP contribution < -0.4 is 15.4 Å². The zero-order valence-electron chi connectivity index (χ0n) is 22.9. The summed E-state index contributed by atoms with van der Waals surface area (Å²) in [6.07, 6.45) is 3.07. The highest BCUT2D eigenvalue weighted by Crippen LogP contribution is 2.19. The molecule has 1 unspecified atom stereocenters. The smallest absolute Gasteiger partial charge is 0.138 e. The second kappa shape index (κ2) is 17.1. The van der Waals surface area contributed by atoms with Crippen molar-refractivity contribution < 1.29 is 13.9 Å². The lowest BCUT2D eigenvalue weighted by molar-refractivity contribution is -0.107. The van der Waals surface area contributed by atoms with Crippen LogP contribution in [0.3, 0.4) is 0 Å². The van der Waals surface area contributed by atoms with Gasteiger partial charge in [-0.05, 0) is 67.4 Å². The lowest BCUT2D eigenvalue weighted by atomic mass is 10.0. The number of aldehydes is 1. The van der Waals surface area contributed by atoms with Crippen LogP contribution in [-0.2, 0) is 11.2 Å². The second-order valence-corrected chi connectivity index (χ2v) is 9.78. The number of nitriles is 1. The first-order valence-corrected chi connectivity index (χ1v) is 13.2. The summed E-state index contributed by atoms with van der Waals surface area (Å²) in [5.41, 5.74) is 3.87. The van der Waals surface area contributed by atoms with Crippen molar-refractivity contribution in [3.05, 3.63) is 89.4 Å². The number of hydrogen-bond acceptors (Lipinski definition) is 6. The van der Waals surface area contributed by atoms with Gasteiger partial charge in [-0.2, -0.15) is 5.26 Å². The molecule has 4 rings (SSSR count). The second-order valence-electron chi connectivity index (χ2n) is 9.05. The largest absolute Gasteiger partial charge is 0.486 e. The minimum atomic E-state index is -0.292. The summed E-state index contributed by atoms with van der Waals surface area (Å²) in [4.78, 5) is 16.4. The number of nitrogens with zero attached hydrogens (tertiary/aromatic N) is 3. The van der Waals surface area contributed by atoms with Gasteiger partial charge in [0.2, 0.25) is 0 Å². The molecule has 2 aromatic carbocycles. The molecule has 0 spiro atoms. The first-order chi connectivity index (χ1) is 18.8. The number of aromatic nitrogens is 1. The molecule has 9 heteroatoms. The third-order valence-corrected chi connectivity index (χ3v) is 6.26. The quantitative estimate of drug-likeness (QED) is 0.289. The van der Waals surface area contributed by atoms with Gasteiger partial charge in [0.15, 0.2) is 0 Å². The Hall–Kier alpha value is -3.63. The molecule has 0 bridgehead atoms. The molecular formula is C30H37FN5O2P. The van der Waals surface area contributed by atoms with Crippen LogP contribution >= 0.6 is 8.86 Å². The summed E-state index contributed by atoms with van der Waals surface area (Å²) in [5.74, 6) is 1.89. The van der Waals surface area contributed by atoms with Gasteiger partial charge in [-0.3, -0.25) is 4.90 Å². The SMILES string of the molecule is CNCC(C)c1ccc(C#N)cc1.CNc1ccc(OC2CN(C(C)=P)C2)cn1.O=CCc1cccc(F)c1. The molecule has 3 aromatic rings. The van der Waals surface area contributed by atoms with Crippen LogP contribution in [0.5, 0.6) is 5.75 Å². The Morgan fingerprint density at radius 3 is 2.46 bits per heavy atom. The molecule has 0 saturated carbocycles. The van der Waals surface area contributed by atoms with Gasteiger partial charge in [0, 0.05) is 38.5 Å². The number of carbonyl (C=O) groups is 1. The number of rotatable bonds is 9. The van der Waals surface area contributed by atoms with E-state index in [0.29, 0.717) is 5.92 Å². The average Bonchev–Trinajstić information content (AvgIpc) is 2.92. The summed E-state index contributed by atoms with van der Waals surface area (Å²) in [5, 5.41) is 14.7. The van der Waals surface area contributed by atoms with Crippen LogP contribution in [0.1, 0.15) is 36.5 Å². The van der Waals surface area contributed by atoms with Crippen LogP contribution in [0, 0.1) is 17.1 Å². The van der Waals surface area contributed by atoms with Crippen molar-refractivity contribution in [1.29, 1.82) is 5.26 Å². The molecule has 0 aliphatic carbocycles. The molecule has 0 radical (unpaired) electrons. The maximum atomic E-state index is 12.4. The van der Waals surface area contributed by atoms with Crippen molar-refractivity contribution in [2.75, 3.05) is 39.0 Å². The molecule has 2 N–H and O–H groups in total. The van der Waals surface area contributed by atoms with Crippen LogP contribution in [-0.4, -0.2) is 61.4 Å². The minimum Gasteiger partial charge on any atom is -0.486 e. The number of likely N-dealkylation sites (tertiary alicyclic amines) is 1. The Balaban J connectivity index is 0.000000211. The molecule has 7 nitrogen and oxygen atoms in total. The summed E-state index contributed by atoms with van der Waals surface area (Å²) >= 11 is 0. The minimum absolute atomic E-state index is 0.272. The molecule has 206 valence electrons. The molecule has 1 aromatic heterocycles. The number of hydrogen-bond donors (Lipinski definition) is 2. The van der Waals surface area contributed by atoms with Gasteiger partial charge < -0.3 is 20.2 Å². The highest BCUT2D eigenvalue weighted by Gasteiger charge is 2.28. The average molecular weight is 550 g/mol. The first-order valence-electron chi connectivity index (χ1n) is 12.7. The van der Waals surface area contributed by atoms with Crippen LogP contribution in [0.25, 0.3) is 0 Å². The predicted octanol–water partition coefficient (Wildman–Crippen LogP) is 4.93. The van der Waals surface area contributed by atoms with Crippen molar-refractivity contribution in [3.63, 3.8) is 0 Å². The predicted molar refractivity (Wildman–Crippen MR) is 158 cm³/mol. The van der Waals surface area contributed by atoms with E-state index in [2.05, 4.69) is 42.4 Å². The molecule has 39 heavy (non-hydrogen) atoms. The van der Waals surface area contributed by atoms with E-state index in [9.17, 15) is 9.18 Å². The third-order valence-electron chi connectivity index (χ3n) is 5.94. The summed E-state index contributed by atoms with van der Waals surface area (Å²) < 4.78 is 18.1. The van der Waals surface area contributed by atoms with E-state index in [0.717, 1.165) is 54.0 Å². The Labute approximate surface area is 233 Å². The fourth-order valence-corrected chi connectivity index (χ4v) is 3.83. The van der Waals surface area contributed by atoms with Crippen LogP contribution in [0.15, 0.2) is 66.9 Å². The molecule has 1 fully saturated rings. The van der Waals surface area contributed by atoms with Crippen LogP contribution in [0.2, 0.25) is 0 Å². The number of likely N-dealkylation sites (N-methyl/N-ethyl adjacent to an activating group) is 1. The van der Waals surface area contributed by atoms with E-state index >= 15 is 0 Å². The summed E-state index contributed by atoms with van der Waals surface area (Å²) in [6.45, 7) is 7.03. The number of halogens is 1. The third kappa shape index (κ3) is 11.3. The Morgan fingerprint density at radius 2 is 1.95 bits per heavy atom. The molecule has 1 saturated heterocycles. The van der Waals surface area contributed by atoms with E-state index in [1.54, 1.807) is 18.3 Å². The van der Waals surface area contributed by atoms with E-state index in [1.165, 1.54) is 17.7 Å². The van der Waals surface area contributed by atoms with Crippen molar-refractivity contribution in [1.82, 2.24) is 15.2 Å². The van der Waals surface area contributed by atoms with E-state index in [4.69, 9.17) is 10.00 Å². The maximum absolute atomic E-state index is 12.4. The Morgan fingerprint density at radius 1 is 1.23 bits per heavy atom. The van der Waals surface area contributed by atoms with Crippen LogP contribution in [0.4, 0.5) is 10.2 Å². The number of carbonyl (C=O) groups excluding carboxylic acids is 1. The van der Waals surface area contributed by atoms with E-state index in [-0.39, 0.29) is 18.3 Å². The van der Waals surface area contributed by atoms with E-state index in [1.807, 2.05) is 57.4 Å². The van der Waals surface area contributed by atoms with Gasteiger partial charge in [0.1, 0.15) is 29.8 Å². The van der Waals surface area contributed by atoms with Gasteiger partial charge >= 0.3 is 0 Å². The Kier molecular flexibility index (Phi) is 13.8. The van der Waals surface area contributed by atoms with Gasteiger partial charge in [-0.15, -0.1) is 8.86 Å². The fraction of sp³-hybridized carbons (Fsp3) is 0.333. The molecule has 2 heterocycles. The van der Waals surface area contributed by atoms with Gasteiger partial charge in [-0.25, -0.2) is 9.37 Å². The highest BCUT2D eigenvalue weighted by atomic mass is 31.0. The lowest BCUT2D eigenvalue weighted by Gasteiger charge is -2.38. The Bertz CT molecular complexity index is 1210. The number of anilines is 1. The zero-order valence-corrected chi connectivity index (χ0v) is 23.9. The van der Waals surface area contributed by atoms with Gasteiger partial charge in [0.25, 0.3) is 0 Å². The zero-order chi connectivity index (χ0) is 28.6.